The van der Waals surface area contributed by atoms with Crippen molar-refractivity contribution in [1.82, 2.24) is 15.5 Å². The van der Waals surface area contributed by atoms with E-state index in [1.807, 2.05) is 30.3 Å². The van der Waals surface area contributed by atoms with E-state index in [-0.39, 0.29) is 11.8 Å². The van der Waals surface area contributed by atoms with E-state index < -0.39 is 11.5 Å². The number of ether oxygens (including phenoxy) is 1. The third kappa shape index (κ3) is 6.14. The van der Waals surface area contributed by atoms with Crippen molar-refractivity contribution < 1.29 is 18.7 Å². The van der Waals surface area contributed by atoms with Gasteiger partial charge in [0.15, 0.2) is 0 Å². The number of fused-ring (bicyclic) bond motifs is 2. The van der Waals surface area contributed by atoms with E-state index in [0.29, 0.717) is 13.2 Å². The first kappa shape index (κ1) is 27.3. The van der Waals surface area contributed by atoms with Gasteiger partial charge >= 0.3 is 0 Å². The Morgan fingerprint density at radius 1 is 1.00 bits per heavy atom. The average molecular weight is 532 g/mol. The molecule has 2 amide bonds. The van der Waals surface area contributed by atoms with E-state index in [4.69, 9.17) is 9.15 Å². The Morgan fingerprint density at radius 3 is 2.59 bits per heavy atom. The summed E-state index contributed by atoms with van der Waals surface area (Å²) in [4.78, 5) is 28.9. The van der Waals surface area contributed by atoms with Crippen molar-refractivity contribution in [3.05, 3.63) is 65.4 Å². The molecule has 208 valence electrons. The van der Waals surface area contributed by atoms with Crippen LogP contribution in [-0.2, 0) is 29.0 Å². The van der Waals surface area contributed by atoms with Crippen LogP contribution in [0.5, 0.6) is 5.75 Å². The number of likely N-dealkylation sites (tertiary alicyclic amines) is 1. The third-order valence-corrected chi connectivity index (χ3v) is 8.50. The number of nitrogens with one attached hydrogen (secondary N) is 2. The highest BCUT2D eigenvalue weighted by molar-refractivity contribution is 5.90. The molecule has 1 spiro atoms. The quantitative estimate of drug-likeness (QED) is 0.497. The van der Waals surface area contributed by atoms with Gasteiger partial charge in [0, 0.05) is 23.9 Å². The Labute approximate surface area is 231 Å². The first-order valence-corrected chi connectivity index (χ1v) is 14.5. The number of hydrogen-bond acceptors (Lipinski definition) is 5. The first-order chi connectivity index (χ1) is 19.0. The summed E-state index contributed by atoms with van der Waals surface area (Å²) < 4.78 is 12.1. The monoisotopic (exact) mass is 531 g/mol. The Morgan fingerprint density at radius 2 is 1.77 bits per heavy atom. The second-order valence-corrected chi connectivity index (χ2v) is 11.1. The van der Waals surface area contributed by atoms with Gasteiger partial charge in [-0.2, -0.15) is 0 Å². The van der Waals surface area contributed by atoms with Gasteiger partial charge in [0.25, 0.3) is 0 Å². The summed E-state index contributed by atoms with van der Waals surface area (Å²) in [5.74, 6) is 1.76. The van der Waals surface area contributed by atoms with Gasteiger partial charge in [-0.1, -0.05) is 49.7 Å². The number of amides is 2. The van der Waals surface area contributed by atoms with E-state index in [2.05, 4.69) is 40.7 Å². The van der Waals surface area contributed by atoms with E-state index in [1.54, 1.807) is 6.92 Å². The molecule has 0 saturated carbocycles. The van der Waals surface area contributed by atoms with Gasteiger partial charge in [-0.3, -0.25) is 14.5 Å². The molecule has 0 unspecified atom stereocenters. The molecule has 1 saturated heterocycles. The zero-order chi connectivity index (χ0) is 27.2. The Balaban J connectivity index is 1.30. The van der Waals surface area contributed by atoms with E-state index in [0.717, 1.165) is 81.7 Å². The van der Waals surface area contributed by atoms with Crippen LogP contribution in [0, 0.1) is 5.41 Å². The molecular formula is C32H41N3O4. The largest absolute Gasteiger partial charge is 0.491 e. The van der Waals surface area contributed by atoms with Crippen LogP contribution in [0.15, 0.2) is 52.9 Å². The number of para-hydroxylation sites is 2. The lowest BCUT2D eigenvalue weighted by atomic mass is 9.73. The number of aryl methyl sites for hydroxylation is 2. The maximum atomic E-state index is 13.7. The lowest BCUT2D eigenvalue weighted by Gasteiger charge is -2.41. The summed E-state index contributed by atoms with van der Waals surface area (Å²) in [5.41, 5.74) is 2.92. The Hall–Kier alpha value is -3.32. The Kier molecular flexibility index (Phi) is 8.56. The van der Waals surface area contributed by atoms with E-state index in [9.17, 15) is 9.59 Å². The smallest absolute Gasteiger partial charge is 0.242 e. The van der Waals surface area contributed by atoms with Crippen molar-refractivity contribution >= 4 is 22.8 Å². The molecule has 39 heavy (non-hydrogen) atoms. The van der Waals surface area contributed by atoms with Crippen molar-refractivity contribution in [2.24, 2.45) is 5.41 Å². The number of furan rings is 1. The van der Waals surface area contributed by atoms with Crippen LogP contribution in [-0.4, -0.2) is 49.0 Å². The highest BCUT2D eigenvalue weighted by Gasteiger charge is 2.41. The number of carbonyl (C=O) groups is 2. The van der Waals surface area contributed by atoms with Crippen LogP contribution >= 0.6 is 0 Å². The molecule has 0 radical (unpaired) electrons. The molecule has 1 aromatic heterocycles. The molecule has 2 N–H and O–H groups in total. The number of piperidine rings is 1. The van der Waals surface area contributed by atoms with Crippen molar-refractivity contribution in [2.45, 2.75) is 71.4 Å². The molecule has 7 nitrogen and oxygen atoms in total. The topological polar surface area (TPSA) is 83.8 Å². The number of hydrogen-bond donors (Lipinski definition) is 2. The minimum absolute atomic E-state index is 0.0133. The molecule has 2 aromatic carbocycles. The number of rotatable bonds is 3. The molecule has 3 heterocycles. The predicted octanol–water partition coefficient (Wildman–Crippen LogP) is 5.00. The molecule has 3 aromatic rings. The number of benzene rings is 2. The maximum absolute atomic E-state index is 13.7. The van der Waals surface area contributed by atoms with Gasteiger partial charge in [-0.15, -0.1) is 0 Å². The minimum Gasteiger partial charge on any atom is -0.491 e. The predicted molar refractivity (Wildman–Crippen MR) is 153 cm³/mol. The molecule has 5 rings (SSSR count). The van der Waals surface area contributed by atoms with Crippen LogP contribution in [0.2, 0.25) is 0 Å². The number of carbonyl (C=O) groups excluding carboxylic acids is 2. The second-order valence-electron chi connectivity index (χ2n) is 11.1. The zero-order valence-electron chi connectivity index (χ0n) is 23.3. The minimum atomic E-state index is -0.589. The van der Waals surface area contributed by atoms with Gasteiger partial charge in [0.2, 0.25) is 11.8 Å². The van der Waals surface area contributed by atoms with Crippen LogP contribution < -0.4 is 15.4 Å². The number of nitrogens with zero attached hydrogens (tertiary/aromatic N) is 1. The lowest BCUT2D eigenvalue weighted by molar-refractivity contribution is -0.138. The van der Waals surface area contributed by atoms with Gasteiger partial charge in [0.05, 0.1) is 12.0 Å². The van der Waals surface area contributed by atoms with Crippen LogP contribution in [0.3, 0.4) is 0 Å². The second kappa shape index (κ2) is 12.2. The van der Waals surface area contributed by atoms with Gasteiger partial charge in [0.1, 0.15) is 29.7 Å². The van der Waals surface area contributed by atoms with Gasteiger partial charge in [-0.05, 0) is 69.8 Å². The van der Waals surface area contributed by atoms with Crippen LogP contribution in [0.25, 0.3) is 11.0 Å². The summed E-state index contributed by atoms with van der Waals surface area (Å²) in [6, 6.07) is 15.8. The van der Waals surface area contributed by atoms with Crippen molar-refractivity contribution in [1.29, 1.82) is 0 Å². The van der Waals surface area contributed by atoms with Crippen LogP contribution in [0.1, 0.15) is 62.8 Å². The maximum Gasteiger partial charge on any atom is 0.242 e. The summed E-state index contributed by atoms with van der Waals surface area (Å²) in [5, 5.41) is 7.15. The van der Waals surface area contributed by atoms with Gasteiger partial charge < -0.3 is 19.8 Å². The van der Waals surface area contributed by atoms with Gasteiger partial charge in [-0.25, -0.2) is 0 Å². The Bertz CT molecular complexity index is 1290. The molecule has 2 aliphatic rings. The van der Waals surface area contributed by atoms with E-state index in [1.165, 1.54) is 16.5 Å². The average Bonchev–Trinajstić information content (AvgIpc) is 3.31. The fourth-order valence-corrected chi connectivity index (χ4v) is 6.10. The fourth-order valence-electron chi connectivity index (χ4n) is 6.10. The fraction of sp³-hybridized carbons (Fsp3) is 0.500. The molecule has 7 heteroatoms. The molecule has 1 atom stereocenters. The zero-order valence-corrected chi connectivity index (χ0v) is 23.3. The van der Waals surface area contributed by atoms with Crippen molar-refractivity contribution in [2.75, 3.05) is 26.2 Å². The standard InChI is InChI=1S/C32H41N3O4/c1-3-27-26(25-12-5-7-14-29(25)39-27)22-35-19-16-32(17-20-35)15-9-8-11-24-10-4-6-13-28(24)38-21-18-33-30(36)23(2)34-31(32)37/h4-7,10,12-14,23H,3,8-9,11,15-22H2,1-2H3,(H,33,36)(H,34,37)/t23-/m0/s1. The molecular weight excluding hydrogens is 490 g/mol. The third-order valence-electron chi connectivity index (χ3n) is 8.50. The molecule has 0 bridgehead atoms. The normalized spacial score (nSPS) is 21.3. The summed E-state index contributed by atoms with van der Waals surface area (Å²) in [6.45, 7) is 7.20. The van der Waals surface area contributed by atoms with Crippen molar-refractivity contribution in [3.8, 4) is 5.75 Å². The summed E-state index contributed by atoms with van der Waals surface area (Å²) in [7, 11) is 0. The first-order valence-electron chi connectivity index (χ1n) is 14.5. The summed E-state index contributed by atoms with van der Waals surface area (Å²) >= 11 is 0. The van der Waals surface area contributed by atoms with Crippen LogP contribution in [0.4, 0.5) is 0 Å². The SMILES string of the molecule is CCc1oc2ccccc2c1CN1CCC2(CCCCc3ccccc3OCCNC(=O)[C@H](C)NC2=O)CC1. The molecule has 0 aliphatic carbocycles. The van der Waals surface area contributed by atoms with Crippen molar-refractivity contribution in [3.63, 3.8) is 0 Å². The highest BCUT2D eigenvalue weighted by Crippen LogP contribution is 2.39. The lowest BCUT2D eigenvalue weighted by Crippen LogP contribution is -2.53. The molecule has 1 fully saturated rings. The molecule has 2 aliphatic heterocycles. The van der Waals surface area contributed by atoms with E-state index >= 15 is 0 Å². The summed E-state index contributed by atoms with van der Waals surface area (Å²) in [6.07, 6.45) is 6.10. The highest BCUT2D eigenvalue weighted by atomic mass is 16.5.